The van der Waals surface area contributed by atoms with Gasteiger partial charge in [-0.1, -0.05) is 12.1 Å². The van der Waals surface area contributed by atoms with Crippen molar-refractivity contribution in [2.45, 2.75) is 18.4 Å². The van der Waals surface area contributed by atoms with Crippen LogP contribution in [0.1, 0.15) is 17.9 Å². The highest BCUT2D eigenvalue weighted by atomic mass is 19.1. The SMILES string of the molecule is O=C(O)N1CCC(c2cccc(F)c2)C(O)C1. The number of hydrogen-bond donors (Lipinski definition) is 2. The highest BCUT2D eigenvalue weighted by Gasteiger charge is 2.31. The molecule has 1 aromatic rings. The van der Waals surface area contributed by atoms with E-state index in [0.29, 0.717) is 13.0 Å². The van der Waals surface area contributed by atoms with Gasteiger partial charge in [-0.3, -0.25) is 0 Å². The number of piperidine rings is 1. The Bertz CT molecular complexity index is 424. The Morgan fingerprint density at radius 3 is 2.82 bits per heavy atom. The van der Waals surface area contributed by atoms with Crippen LogP contribution < -0.4 is 0 Å². The molecule has 0 aliphatic carbocycles. The van der Waals surface area contributed by atoms with E-state index in [1.54, 1.807) is 12.1 Å². The molecule has 1 aliphatic heterocycles. The van der Waals surface area contributed by atoms with Gasteiger partial charge in [0.2, 0.25) is 0 Å². The second kappa shape index (κ2) is 4.71. The van der Waals surface area contributed by atoms with Crippen LogP contribution in [0, 0.1) is 5.82 Å². The van der Waals surface area contributed by atoms with Gasteiger partial charge >= 0.3 is 6.09 Å². The summed E-state index contributed by atoms with van der Waals surface area (Å²) < 4.78 is 13.1. The molecule has 0 bridgehead atoms. The summed E-state index contributed by atoms with van der Waals surface area (Å²) in [5.74, 6) is -0.531. The van der Waals surface area contributed by atoms with Crippen molar-refractivity contribution >= 4 is 6.09 Å². The lowest BCUT2D eigenvalue weighted by molar-refractivity contribution is 0.0503. The quantitative estimate of drug-likeness (QED) is 0.783. The van der Waals surface area contributed by atoms with Crippen LogP contribution >= 0.6 is 0 Å². The van der Waals surface area contributed by atoms with E-state index >= 15 is 0 Å². The first-order chi connectivity index (χ1) is 8.08. The predicted octanol–water partition coefficient (Wildman–Crippen LogP) is 1.65. The van der Waals surface area contributed by atoms with Crippen molar-refractivity contribution in [1.82, 2.24) is 4.90 Å². The molecule has 1 saturated heterocycles. The fraction of sp³-hybridized carbons (Fsp3) is 0.417. The molecule has 1 aromatic carbocycles. The van der Waals surface area contributed by atoms with Crippen LogP contribution in [0.2, 0.25) is 0 Å². The van der Waals surface area contributed by atoms with Crippen molar-refractivity contribution in [2.75, 3.05) is 13.1 Å². The lowest BCUT2D eigenvalue weighted by Crippen LogP contribution is -2.45. The monoisotopic (exact) mass is 239 g/mol. The van der Waals surface area contributed by atoms with Gasteiger partial charge in [-0.25, -0.2) is 9.18 Å². The lowest BCUT2D eigenvalue weighted by Gasteiger charge is -2.34. The predicted molar refractivity (Wildman–Crippen MR) is 59.4 cm³/mol. The second-order valence-corrected chi connectivity index (χ2v) is 4.25. The number of benzene rings is 1. The average molecular weight is 239 g/mol. The van der Waals surface area contributed by atoms with E-state index in [0.717, 1.165) is 5.56 Å². The van der Waals surface area contributed by atoms with Gasteiger partial charge in [-0.15, -0.1) is 0 Å². The first-order valence-electron chi connectivity index (χ1n) is 5.49. The van der Waals surface area contributed by atoms with E-state index in [1.165, 1.54) is 17.0 Å². The van der Waals surface area contributed by atoms with E-state index in [4.69, 9.17) is 5.11 Å². The number of aliphatic hydroxyl groups is 1. The molecule has 92 valence electrons. The molecule has 1 heterocycles. The van der Waals surface area contributed by atoms with Gasteiger partial charge in [-0.2, -0.15) is 0 Å². The van der Waals surface area contributed by atoms with Crippen molar-refractivity contribution in [3.63, 3.8) is 0 Å². The Labute approximate surface area is 98.3 Å². The van der Waals surface area contributed by atoms with Crippen LogP contribution in [-0.4, -0.2) is 40.4 Å². The molecule has 1 amide bonds. The third-order valence-corrected chi connectivity index (χ3v) is 3.13. The largest absolute Gasteiger partial charge is 0.465 e. The summed E-state index contributed by atoms with van der Waals surface area (Å²) >= 11 is 0. The molecule has 1 aliphatic rings. The van der Waals surface area contributed by atoms with Crippen LogP contribution in [0.25, 0.3) is 0 Å². The Morgan fingerprint density at radius 1 is 1.47 bits per heavy atom. The third kappa shape index (κ3) is 2.55. The van der Waals surface area contributed by atoms with E-state index in [-0.39, 0.29) is 18.3 Å². The molecule has 2 unspecified atom stereocenters. The van der Waals surface area contributed by atoms with Crippen molar-refractivity contribution in [2.24, 2.45) is 0 Å². The molecule has 0 spiro atoms. The molecule has 5 heteroatoms. The lowest BCUT2D eigenvalue weighted by atomic mass is 9.87. The molecular formula is C12H14FNO3. The summed E-state index contributed by atoms with van der Waals surface area (Å²) in [4.78, 5) is 11.9. The minimum Gasteiger partial charge on any atom is -0.465 e. The Kier molecular flexibility index (Phi) is 3.28. The highest BCUT2D eigenvalue weighted by Crippen LogP contribution is 2.28. The Hall–Kier alpha value is -1.62. The summed E-state index contributed by atoms with van der Waals surface area (Å²) in [6.45, 7) is 0.448. The minimum absolute atomic E-state index is 0.0799. The zero-order valence-corrected chi connectivity index (χ0v) is 9.21. The molecule has 0 saturated carbocycles. The number of rotatable bonds is 1. The summed E-state index contributed by atoms with van der Waals surface area (Å²) in [7, 11) is 0. The normalized spacial score (nSPS) is 24.7. The van der Waals surface area contributed by atoms with Crippen molar-refractivity contribution in [3.8, 4) is 0 Å². The van der Waals surface area contributed by atoms with Crippen LogP contribution in [-0.2, 0) is 0 Å². The molecule has 17 heavy (non-hydrogen) atoms. The maximum absolute atomic E-state index is 13.1. The van der Waals surface area contributed by atoms with Gasteiger partial charge in [0.15, 0.2) is 0 Å². The number of β-amino-alcohol motifs (C(OH)–C–C–N with tert-alkyl or cyclic N) is 1. The number of likely N-dealkylation sites (tertiary alicyclic amines) is 1. The zero-order chi connectivity index (χ0) is 12.4. The van der Waals surface area contributed by atoms with Crippen molar-refractivity contribution < 1.29 is 19.4 Å². The average Bonchev–Trinajstić information content (AvgIpc) is 2.28. The molecule has 4 nitrogen and oxygen atoms in total. The summed E-state index contributed by atoms with van der Waals surface area (Å²) in [6.07, 6.45) is -1.29. The van der Waals surface area contributed by atoms with E-state index in [9.17, 15) is 14.3 Å². The molecule has 2 N–H and O–H groups in total. The van der Waals surface area contributed by atoms with Gasteiger partial charge in [-0.05, 0) is 24.1 Å². The Morgan fingerprint density at radius 2 is 2.24 bits per heavy atom. The zero-order valence-electron chi connectivity index (χ0n) is 9.21. The van der Waals surface area contributed by atoms with E-state index in [2.05, 4.69) is 0 Å². The standard InChI is InChI=1S/C12H14FNO3/c13-9-3-1-2-8(6-9)10-4-5-14(12(16)17)7-11(10)15/h1-3,6,10-11,15H,4-5,7H2,(H,16,17). The molecule has 0 radical (unpaired) electrons. The van der Waals surface area contributed by atoms with Crippen LogP contribution in [0.15, 0.2) is 24.3 Å². The number of nitrogens with zero attached hydrogens (tertiary/aromatic N) is 1. The van der Waals surface area contributed by atoms with Gasteiger partial charge in [0.25, 0.3) is 0 Å². The third-order valence-electron chi connectivity index (χ3n) is 3.13. The summed E-state index contributed by atoms with van der Waals surface area (Å²) in [5.41, 5.74) is 0.725. The fourth-order valence-corrected chi connectivity index (χ4v) is 2.23. The van der Waals surface area contributed by atoms with Crippen LogP contribution in [0.3, 0.4) is 0 Å². The number of amides is 1. The number of carboxylic acid groups (broad SMARTS) is 1. The summed E-state index contributed by atoms with van der Waals surface area (Å²) in [6, 6.07) is 6.10. The first kappa shape index (κ1) is 11.9. The van der Waals surface area contributed by atoms with E-state index in [1.807, 2.05) is 0 Å². The fourth-order valence-electron chi connectivity index (χ4n) is 2.23. The Balaban J connectivity index is 2.12. The van der Waals surface area contributed by atoms with Gasteiger partial charge in [0, 0.05) is 12.5 Å². The first-order valence-corrected chi connectivity index (χ1v) is 5.49. The van der Waals surface area contributed by atoms with Crippen molar-refractivity contribution in [1.29, 1.82) is 0 Å². The van der Waals surface area contributed by atoms with Crippen LogP contribution in [0.4, 0.5) is 9.18 Å². The topological polar surface area (TPSA) is 60.8 Å². The minimum atomic E-state index is -1.03. The molecule has 0 aromatic heterocycles. The molecular weight excluding hydrogens is 225 g/mol. The number of hydrogen-bond acceptors (Lipinski definition) is 2. The van der Waals surface area contributed by atoms with E-state index < -0.39 is 12.2 Å². The van der Waals surface area contributed by atoms with Gasteiger partial charge in [0.05, 0.1) is 12.6 Å². The number of aliphatic hydroxyl groups excluding tert-OH is 1. The molecule has 1 fully saturated rings. The smallest absolute Gasteiger partial charge is 0.407 e. The van der Waals surface area contributed by atoms with Gasteiger partial charge < -0.3 is 15.1 Å². The van der Waals surface area contributed by atoms with Gasteiger partial charge in [0.1, 0.15) is 5.82 Å². The second-order valence-electron chi connectivity index (χ2n) is 4.25. The molecule has 2 rings (SSSR count). The highest BCUT2D eigenvalue weighted by molar-refractivity contribution is 5.65. The van der Waals surface area contributed by atoms with Crippen LogP contribution in [0.5, 0.6) is 0 Å². The number of halogens is 1. The van der Waals surface area contributed by atoms with Crippen molar-refractivity contribution in [3.05, 3.63) is 35.6 Å². The molecule has 2 atom stereocenters. The summed E-state index contributed by atoms with van der Waals surface area (Å²) in [5, 5.41) is 18.7. The maximum Gasteiger partial charge on any atom is 0.407 e. The maximum atomic E-state index is 13.1. The number of carbonyl (C=O) groups is 1.